The summed E-state index contributed by atoms with van der Waals surface area (Å²) in [4.78, 5) is 17.1. The standard InChI is InChI=1S/C20H25N3O3/c1-14-6-7-18-17(12-14)19(21-26-18)20(24)23-10-8-22(9-11-23)15-4-3-5-16(13-15)25-2/h3-5,13-14H,6-12H2,1-2H3/t14-/m0/s1. The normalized spacial score (nSPS) is 20.0. The van der Waals surface area contributed by atoms with Crippen molar-refractivity contribution in [3.05, 3.63) is 41.3 Å². The predicted octanol–water partition coefficient (Wildman–Crippen LogP) is 2.77. The first-order chi connectivity index (χ1) is 12.7. The number of benzene rings is 1. The summed E-state index contributed by atoms with van der Waals surface area (Å²) >= 11 is 0. The Bertz CT molecular complexity index is 793. The van der Waals surface area contributed by atoms with Crippen molar-refractivity contribution < 1.29 is 14.1 Å². The average Bonchev–Trinajstić information content (AvgIpc) is 3.10. The van der Waals surface area contributed by atoms with Crippen LogP contribution in [0.1, 0.15) is 35.2 Å². The Balaban J connectivity index is 1.43. The number of anilines is 1. The number of aromatic nitrogens is 1. The van der Waals surface area contributed by atoms with Gasteiger partial charge >= 0.3 is 0 Å². The zero-order valence-corrected chi connectivity index (χ0v) is 15.4. The number of hydrogen-bond acceptors (Lipinski definition) is 5. The van der Waals surface area contributed by atoms with E-state index >= 15 is 0 Å². The van der Waals surface area contributed by atoms with Gasteiger partial charge in [0.1, 0.15) is 11.5 Å². The van der Waals surface area contributed by atoms with Crippen molar-refractivity contribution in [3.8, 4) is 5.75 Å². The van der Waals surface area contributed by atoms with Crippen LogP contribution in [0.15, 0.2) is 28.8 Å². The van der Waals surface area contributed by atoms with E-state index in [9.17, 15) is 4.79 Å². The quantitative estimate of drug-likeness (QED) is 0.847. The van der Waals surface area contributed by atoms with E-state index in [-0.39, 0.29) is 5.91 Å². The van der Waals surface area contributed by atoms with Crippen LogP contribution >= 0.6 is 0 Å². The summed E-state index contributed by atoms with van der Waals surface area (Å²) < 4.78 is 10.7. The third kappa shape index (κ3) is 3.16. The fourth-order valence-corrected chi connectivity index (χ4v) is 3.87. The first-order valence-electron chi connectivity index (χ1n) is 9.31. The number of nitrogens with zero attached hydrogens (tertiary/aromatic N) is 3. The smallest absolute Gasteiger partial charge is 0.276 e. The number of rotatable bonds is 3. The number of fused-ring (bicyclic) bond motifs is 1. The summed E-state index contributed by atoms with van der Waals surface area (Å²) in [6, 6.07) is 8.05. The Morgan fingerprint density at radius 1 is 1.27 bits per heavy atom. The highest BCUT2D eigenvalue weighted by Crippen LogP contribution is 2.29. The maximum atomic E-state index is 12.9. The van der Waals surface area contributed by atoms with E-state index in [2.05, 4.69) is 23.0 Å². The topological polar surface area (TPSA) is 58.8 Å². The van der Waals surface area contributed by atoms with Crippen LogP contribution in [0, 0.1) is 5.92 Å². The molecule has 1 atom stereocenters. The lowest BCUT2D eigenvalue weighted by Gasteiger charge is -2.36. The second-order valence-electron chi connectivity index (χ2n) is 7.26. The summed E-state index contributed by atoms with van der Waals surface area (Å²) in [6.07, 6.45) is 2.89. The molecule has 6 nitrogen and oxygen atoms in total. The average molecular weight is 355 g/mol. The van der Waals surface area contributed by atoms with Gasteiger partial charge in [-0.1, -0.05) is 18.1 Å². The van der Waals surface area contributed by atoms with Crippen molar-refractivity contribution in [1.82, 2.24) is 10.1 Å². The molecule has 1 saturated heterocycles. The molecule has 0 N–H and O–H groups in total. The number of piperazine rings is 1. The molecule has 2 aromatic rings. The monoisotopic (exact) mass is 355 g/mol. The van der Waals surface area contributed by atoms with E-state index in [1.165, 1.54) is 0 Å². The third-order valence-electron chi connectivity index (χ3n) is 5.47. The van der Waals surface area contributed by atoms with Crippen LogP contribution in [0.5, 0.6) is 5.75 Å². The summed E-state index contributed by atoms with van der Waals surface area (Å²) in [5.74, 6) is 2.35. The Hall–Kier alpha value is -2.50. The van der Waals surface area contributed by atoms with Gasteiger partial charge in [-0.25, -0.2) is 0 Å². The van der Waals surface area contributed by atoms with Crippen LogP contribution in [0.4, 0.5) is 5.69 Å². The minimum absolute atomic E-state index is 0.00870. The van der Waals surface area contributed by atoms with Gasteiger partial charge in [0.25, 0.3) is 5.91 Å². The highest BCUT2D eigenvalue weighted by molar-refractivity contribution is 5.94. The second-order valence-corrected chi connectivity index (χ2v) is 7.26. The lowest BCUT2D eigenvalue weighted by Crippen LogP contribution is -2.49. The van der Waals surface area contributed by atoms with Crippen molar-refractivity contribution in [1.29, 1.82) is 0 Å². The summed E-state index contributed by atoms with van der Waals surface area (Å²) in [5.41, 5.74) is 2.69. The summed E-state index contributed by atoms with van der Waals surface area (Å²) in [7, 11) is 1.68. The Labute approximate surface area is 153 Å². The van der Waals surface area contributed by atoms with Gasteiger partial charge in [0, 0.05) is 49.9 Å². The molecule has 1 aromatic carbocycles. The molecule has 0 saturated carbocycles. The fraction of sp³-hybridized carbons (Fsp3) is 0.500. The van der Waals surface area contributed by atoms with Crippen LogP contribution in [-0.4, -0.2) is 49.3 Å². The SMILES string of the molecule is COc1cccc(N2CCN(C(=O)c3noc4c3C[C@@H](C)CC4)CC2)c1. The molecule has 1 amide bonds. The van der Waals surface area contributed by atoms with Gasteiger partial charge in [-0.15, -0.1) is 0 Å². The van der Waals surface area contributed by atoms with Crippen molar-refractivity contribution >= 4 is 11.6 Å². The number of carbonyl (C=O) groups excluding carboxylic acids is 1. The molecule has 138 valence electrons. The minimum Gasteiger partial charge on any atom is -0.497 e. The van der Waals surface area contributed by atoms with Crippen molar-refractivity contribution in [2.45, 2.75) is 26.2 Å². The maximum Gasteiger partial charge on any atom is 0.276 e. The maximum absolute atomic E-state index is 12.9. The van der Waals surface area contributed by atoms with Crippen LogP contribution < -0.4 is 9.64 Å². The molecule has 0 spiro atoms. The number of methoxy groups -OCH3 is 1. The van der Waals surface area contributed by atoms with Gasteiger partial charge in [-0.05, 0) is 30.9 Å². The summed E-state index contributed by atoms with van der Waals surface area (Å²) in [5, 5.41) is 4.11. The zero-order chi connectivity index (χ0) is 18.1. The first-order valence-corrected chi connectivity index (χ1v) is 9.31. The van der Waals surface area contributed by atoms with E-state index in [0.717, 1.165) is 55.1 Å². The number of carbonyl (C=O) groups is 1. The number of amides is 1. The van der Waals surface area contributed by atoms with Gasteiger partial charge in [-0.2, -0.15) is 0 Å². The highest BCUT2D eigenvalue weighted by atomic mass is 16.5. The number of hydrogen-bond donors (Lipinski definition) is 0. The lowest BCUT2D eigenvalue weighted by molar-refractivity contribution is 0.0735. The molecule has 2 heterocycles. The molecular formula is C20H25N3O3. The molecule has 1 fully saturated rings. The van der Waals surface area contributed by atoms with Crippen LogP contribution in [-0.2, 0) is 12.8 Å². The molecule has 1 aliphatic heterocycles. The number of aryl methyl sites for hydroxylation is 1. The molecular weight excluding hydrogens is 330 g/mol. The van der Waals surface area contributed by atoms with E-state index in [1.54, 1.807) is 7.11 Å². The molecule has 0 unspecified atom stereocenters. The largest absolute Gasteiger partial charge is 0.497 e. The lowest BCUT2D eigenvalue weighted by atomic mass is 9.88. The van der Waals surface area contributed by atoms with Crippen LogP contribution in [0.25, 0.3) is 0 Å². The Kier molecular flexibility index (Phi) is 4.57. The van der Waals surface area contributed by atoms with Gasteiger partial charge in [0.05, 0.1) is 7.11 Å². The molecule has 1 aliphatic carbocycles. The molecule has 6 heteroatoms. The van der Waals surface area contributed by atoms with E-state index in [1.807, 2.05) is 23.1 Å². The van der Waals surface area contributed by atoms with Gasteiger partial charge < -0.3 is 19.1 Å². The fourth-order valence-electron chi connectivity index (χ4n) is 3.87. The molecule has 2 aliphatic rings. The predicted molar refractivity (Wildman–Crippen MR) is 98.8 cm³/mol. The molecule has 0 bridgehead atoms. The van der Waals surface area contributed by atoms with E-state index < -0.39 is 0 Å². The van der Waals surface area contributed by atoms with Crippen LogP contribution in [0.2, 0.25) is 0 Å². The van der Waals surface area contributed by atoms with Crippen molar-refractivity contribution in [3.63, 3.8) is 0 Å². The van der Waals surface area contributed by atoms with Crippen LogP contribution in [0.3, 0.4) is 0 Å². The van der Waals surface area contributed by atoms with Gasteiger partial charge in [0.15, 0.2) is 5.69 Å². The summed E-state index contributed by atoms with van der Waals surface area (Å²) in [6.45, 7) is 5.20. The molecule has 1 aromatic heterocycles. The molecule has 4 rings (SSSR count). The minimum atomic E-state index is 0.00870. The van der Waals surface area contributed by atoms with Crippen molar-refractivity contribution in [2.75, 3.05) is 38.2 Å². The highest BCUT2D eigenvalue weighted by Gasteiger charge is 2.31. The Morgan fingerprint density at radius 3 is 2.85 bits per heavy atom. The second kappa shape index (κ2) is 7.02. The first kappa shape index (κ1) is 16.9. The molecule has 0 radical (unpaired) electrons. The van der Waals surface area contributed by atoms with E-state index in [4.69, 9.17) is 9.26 Å². The zero-order valence-electron chi connectivity index (χ0n) is 15.4. The van der Waals surface area contributed by atoms with Crippen molar-refractivity contribution in [2.24, 2.45) is 5.92 Å². The molecule has 26 heavy (non-hydrogen) atoms. The van der Waals surface area contributed by atoms with E-state index in [0.29, 0.717) is 24.7 Å². The number of ether oxygens (including phenoxy) is 1. The third-order valence-corrected chi connectivity index (χ3v) is 5.47. The Morgan fingerprint density at radius 2 is 2.08 bits per heavy atom. The van der Waals surface area contributed by atoms with Gasteiger partial charge in [-0.3, -0.25) is 4.79 Å². The van der Waals surface area contributed by atoms with Gasteiger partial charge in [0.2, 0.25) is 0 Å².